The molecule has 0 aromatic heterocycles. The molecule has 0 heterocycles. The van der Waals surface area contributed by atoms with E-state index in [2.05, 4.69) is 19.3 Å². The zero-order valence-corrected chi connectivity index (χ0v) is 10.1. The highest BCUT2D eigenvalue weighted by Gasteiger charge is 2.25. The Kier molecular flexibility index (Phi) is 5.58. The molecular weight excluding hydrogens is 190 g/mol. The molecule has 1 fully saturated rings. The molecule has 1 saturated carbocycles. The lowest BCUT2D eigenvalue weighted by Gasteiger charge is -2.29. The van der Waals surface area contributed by atoms with Crippen LogP contribution in [-0.4, -0.2) is 24.4 Å². The van der Waals surface area contributed by atoms with Crippen molar-refractivity contribution in [2.75, 3.05) is 13.2 Å². The molecule has 0 aromatic carbocycles. The zero-order chi connectivity index (χ0) is 11.1. The molecule has 0 radical (unpaired) electrons. The molecule has 0 amide bonds. The standard InChI is InChI=1S/C12H25NO2/c1-3-12(4-2,10-14)9-13-15-11-7-5-6-8-11/h11,13-14H,3-10H2,1-2H3. The second kappa shape index (κ2) is 6.46. The summed E-state index contributed by atoms with van der Waals surface area (Å²) in [6, 6.07) is 0. The Morgan fingerprint density at radius 3 is 2.33 bits per heavy atom. The Morgan fingerprint density at radius 2 is 1.87 bits per heavy atom. The molecule has 1 aliphatic carbocycles. The van der Waals surface area contributed by atoms with Crippen LogP contribution in [0.5, 0.6) is 0 Å². The topological polar surface area (TPSA) is 41.5 Å². The lowest BCUT2D eigenvalue weighted by molar-refractivity contribution is -0.0473. The Morgan fingerprint density at radius 1 is 1.27 bits per heavy atom. The van der Waals surface area contributed by atoms with Gasteiger partial charge in [-0.15, -0.1) is 0 Å². The fraction of sp³-hybridized carbons (Fsp3) is 1.00. The van der Waals surface area contributed by atoms with Crippen LogP contribution < -0.4 is 5.48 Å². The van der Waals surface area contributed by atoms with Crippen molar-refractivity contribution in [3.8, 4) is 0 Å². The Hall–Kier alpha value is -0.120. The van der Waals surface area contributed by atoms with Crippen LogP contribution in [0.3, 0.4) is 0 Å². The zero-order valence-electron chi connectivity index (χ0n) is 10.1. The summed E-state index contributed by atoms with van der Waals surface area (Å²) in [5.41, 5.74) is 3.06. The van der Waals surface area contributed by atoms with E-state index in [0.717, 1.165) is 19.4 Å². The van der Waals surface area contributed by atoms with Crippen LogP contribution in [-0.2, 0) is 4.84 Å². The highest BCUT2D eigenvalue weighted by molar-refractivity contribution is 4.77. The normalized spacial score (nSPS) is 18.6. The molecule has 0 aliphatic heterocycles. The van der Waals surface area contributed by atoms with Gasteiger partial charge in [-0.2, -0.15) is 0 Å². The molecule has 0 aromatic rings. The van der Waals surface area contributed by atoms with Crippen molar-refractivity contribution in [1.82, 2.24) is 5.48 Å². The monoisotopic (exact) mass is 215 g/mol. The van der Waals surface area contributed by atoms with E-state index in [9.17, 15) is 5.11 Å². The van der Waals surface area contributed by atoms with Gasteiger partial charge in [0, 0.05) is 18.6 Å². The average Bonchev–Trinajstić information content (AvgIpc) is 2.78. The maximum absolute atomic E-state index is 9.37. The van der Waals surface area contributed by atoms with Crippen molar-refractivity contribution < 1.29 is 9.94 Å². The summed E-state index contributed by atoms with van der Waals surface area (Å²) in [5, 5.41) is 9.37. The van der Waals surface area contributed by atoms with Crippen molar-refractivity contribution in [3.63, 3.8) is 0 Å². The van der Waals surface area contributed by atoms with Crippen LogP contribution in [0.2, 0.25) is 0 Å². The van der Waals surface area contributed by atoms with E-state index >= 15 is 0 Å². The lowest BCUT2D eigenvalue weighted by atomic mass is 9.83. The van der Waals surface area contributed by atoms with Gasteiger partial charge in [-0.25, -0.2) is 5.48 Å². The molecule has 90 valence electrons. The molecule has 0 bridgehead atoms. The summed E-state index contributed by atoms with van der Waals surface area (Å²) >= 11 is 0. The van der Waals surface area contributed by atoms with Gasteiger partial charge in [0.05, 0.1) is 6.10 Å². The second-order valence-electron chi connectivity index (χ2n) is 4.71. The van der Waals surface area contributed by atoms with Crippen LogP contribution >= 0.6 is 0 Å². The van der Waals surface area contributed by atoms with E-state index < -0.39 is 0 Å². The van der Waals surface area contributed by atoms with Gasteiger partial charge in [-0.1, -0.05) is 26.7 Å². The first-order chi connectivity index (χ1) is 7.26. The summed E-state index contributed by atoms with van der Waals surface area (Å²) in [6.45, 7) is 5.24. The number of hydroxylamine groups is 1. The summed E-state index contributed by atoms with van der Waals surface area (Å²) in [4.78, 5) is 5.60. The lowest BCUT2D eigenvalue weighted by Crippen LogP contribution is -2.38. The third-order valence-corrected chi connectivity index (χ3v) is 3.83. The smallest absolute Gasteiger partial charge is 0.0790 e. The molecular formula is C12H25NO2. The predicted molar refractivity (Wildman–Crippen MR) is 61.4 cm³/mol. The SMILES string of the molecule is CCC(CC)(CO)CNOC1CCCC1. The van der Waals surface area contributed by atoms with Crippen LogP contribution in [0.4, 0.5) is 0 Å². The van der Waals surface area contributed by atoms with Crippen molar-refractivity contribution in [1.29, 1.82) is 0 Å². The van der Waals surface area contributed by atoms with Gasteiger partial charge in [-0.3, -0.25) is 4.84 Å². The largest absolute Gasteiger partial charge is 0.396 e. The maximum atomic E-state index is 9.37. The Balaban J connectivity index is 2.21. The van der Waals surface area contributed by atoms with Crippen LogP contribution in [0.1, 0.15) is 52.4 Å². The first-order valence-electron chi connectivity index (χ1n) is 6.25. The molecule has 0 spiro atoms. The van der Waals surface area contributed by atoms with E-state index in [1.807, 2.05) is 0 Å². The highest BCUT2D eigenvalue weighted by atomic mass is 16.7. The number of aliphatic hydroxyl groups is 1. The van der Waals surface area contributed by atoms with Crippen LogP contribution in [0.15, 0.2) is 0 Å². The van der Waals surface area contributed by atoms with Gasteiger partial charge in [0.25, 0.3) is 0 Å². The fourth-order valence-corrected chi connectivity index (χ4v) is 2.10. The molecule has 0 saturated heterocycles. The van der Waals surface area contributed by atoms with Crippen molar-refractivity contribution in [2.45, 2.75) is 58.5 Å². The fourth-order valence-electron chi connectivity index (χ4n) is 2.10. The van der Waals surface area contributed by atoms with E-state index in [4.69, 9.17) is 4.84 Å². The second-order valence-corrected chi connectivity index (χ2v) is 4.71. The minimum absolute atomic E-state index is 0.00138. The minimum Gasteiger partial charge on any atom is -0.396 e. The highest BCUT2D eigenvalue weighted by Crippen LogP contribution is 2.25. The van der Waals surface area contributed by atoms with Gasteiger partial charge in [0.1, 0.15) is 0 Å². The third kappa shape index (κ3) is 3.74. The predicted octanol–water partition coefficient (Wildman–Crippen LogP) is 2.25. The maximum Gasteiger partial charge on any atom is 0.0790 e. The average molecular weight is 215 g/mol. The van der Waals surface area contributed by atoms with E-state index in [1.165, 1.54) is 25.7 Å². The van der Waals surface area contributed by atoms with Gasteiger partial charge in [0.2, 0.25) is 0 Å². The number of aliphatic hydroxyl groups excluding tert-OH is 1. The molecule has 0 atom stereocenters. The third-order valence-electron chi connectivity index (χ3n) is 3.83. The minimum atomic E-state index is -0.00138. The van der Waals surface area contributed by atoms with E-state index in [-0.39, 0.29) is 12.0 Å². The number of hydrogen-bond donors (Lipinski definition) is 2. The number of hydrogen-bond acceptors (Lipinski definition) is 3. The molecule has 1 rings (SSSR count). The summed E-state index contributed by atoms with van der Waals surface area (Å²) in [6.07, 6.45) is 7.31. The molecule has 1 aliphatic rings. The molecule has 3 nitrogen and oxygen atoms in total. The Labute approximate surface area is 93.2 Å². The number of rotatable bonds is 7. The van der Waals surface area contributed by atoms with E-state index in [0.29, 0.717) is 6.10 Å². The molecule has 3 heteroatoms. The van der Waals surface area contributed by atoms with Crippen molar-refractivity contribution in [2.24, 2.45) is 5.41 Å². The first kappa shape index (κ1) is 12.9. The quantitative estimate of drug-likeness (QED) is 0.640. The van der Waals surface area contributed by atoms with Crippen LogP contribution in [0.25, 0.3) is 0 Å². The van der Waals surface area contributed by atoms with Crippen molar-refractivity contribution >= 4 is 0 Å². The van der Waals surface area contributed by atoms with Gasteiger partial charge >= 0.3 is 0 Å². The Bertz CT molecular complexity index is 155. The summed E-state index contributed by atoms with van der Waals surface area (Å²) in [7, 11) is 0. The van der Waals surface area contributed by atoms with Crippen LogP contribution in [0, 0.1) is 5.41 Å². The summed E-state index contributed by atoms with van der Waals surface area (Å²) < 4.78 is 0. The van der Waals surface area contributed by atoms with E-state index in [1.54, 1.807) is 0 Å². The first-order valence-corrected chi connectivity index (χ1v) is 6.25. The van der Waals surface area contributed by atoms with Gasteiger partial charge < -0.3 is 5.11 Å². The van der Waals surface area contributed by atoms with Gasteiger partial charge in [-0.05, 0) is 25.7 Å². The summed E-state index contributed by atoms with van der Waals surface area (Å²) in [5.74, 6) is 0. The molecule has 2 N–H and O–H groups in total. The number of nitrogens with one attached hydrogen (secondary N) is 1. The molecule has 0 unspecified atom stereocenters. The van der Waals surface area contributed by atoms with Gasteiger partial charge in [0.15, 0.2) is 0 Å². The molecule has 15 heavy (non-hydrogen) atoms. The van der Waals surface area contributed by atoms with Crippen molar-refractivity contribution in [3.05, 3.63) is 0 Å².